The molecule has 6 nitrogen and oxygen atoms in total. The average Bonchev–Trinajstić information content (AvgIpc) is 2.74. The lowest BCUT2D eigenvalue weighted by Gasteiger charge is -2.10. The van der Waals surface area contributed by atoms with E-state index in [0.29, 0.717) is 10.8 Å². The number of rotatable bonds is 6. The second kappa shape index (κ2) is 8.42. The highest BCUT2D eigenvalue weighted by atomic mass is 32.2. The van der Waals surface area contributed by atoms with E-state index in [1.54, 1.807) is 37.4 Å². The van der Waals surface area contributed by atoms with Crippen LogP contribution in [0.4, 0.5) is 0 Å². The van der Waals surface area contributed by atoms with E-state index >= 15 is 0 Å². The van der Waals surface area contributed by atoms with Crippen molar-refractivity contribution in [3.63, 3.8) is 0 Å². The molecule has 0 aliphatic heterocycles. The van der Waals surface area contributed by atoms with Crippen LogP contribution < -0.4 is 14.9 Å². The number of hydrogen-bond acceptors (Lipinski definition) is 7. The molecule has 4 rings (SSSR count). The minimum absolute atomic E-state index is 0.0989. The van der Waals surface area contributed by atoms with Gasteiger partial charge in [0.05, 0.1) is 7.11 Å². The van der Waals surface area contributed by atoms with E-state index in [4.69, 9.17) is 13.9 Å². The summed E-state index contributed by atoms with van der Waals surface area (Å²) in [7, 11) is 1.60. The summed E-state index contributed by atoms with van der Waals surface area (Å²) in [6.45, 7) is 0.279. The van der Waals surface area contributed by atoms with Crippen molar-refractivity contribution in [1.29, 1.82) is 0 Å². The number of phenols is 2. The lowest BCUT2D eigenvalue weighted by Crippen LogP contribution is -2.01. The molecule has 1 heterocycles. The van der Waals surface area contributed by atoms with Gasteiger partial charge in [-0.1, -0.05) is 23.9 Å². The maximum absolute atomic E-state index is 12.5. The van der Waals surface area contributed by atoms with Crippen LogP contribution in [-0.4, -0.2) is 17.3 Å². The summed E-state index contributed by atoms with van der Waals surface area (Å²) in [5.41, 5.74) is 0.804. The summed E-state index contributed by atoms with van der Waals surface area (Å²) < 4.78 is 16.7. The van der Waals surface area contributed by atoms with Crippen molar-refractivity contribution in [2.75, 3.05) is 7.11 Å². The van der Waals surface area contributed by atoms with E-state index in [-0.39, 0.29) is 34.5 Å². The number of phenolic OH excluding ortho intramolecular Hbond substituents is 2. The minimum Gasteiger partial charge on any atom is -0.508 e. The Morgan fingerprint density at radius 3 is 2.37 bits per heavy atom. The Balaban J connectivity index is 1.60. The van der Waals surface area contributed by atoms with Crippen LogP contribution in [0, 0.1) is 0 Å². The molecule has 0 bridgehead atoms. The molecule has 1 aromatic heterocycles. The summed E-state index contributed by atoms with van der Waals surface area (Å²) in [6.07, 6.45) is 0. The molecule has 0 fully saturated rings. The van der Waals surface area contributed by atoms with Gasteiger partial charge in [-0.3, -0.25) is 4.79 Å². The molecule has 0 aliphatic carbocycles. The van der Waals surface area contributed by atoms with E-state index in [1.807, 2.05) is 24.3 Å². The molecular formula is C23H18O6S. The molecule has 0 radical (unpaired) electrons. The smallest absolute Gasteiger partial charge is 0.197 e. The van der Waals surface area contributed by atoms with Gasteiger partial charge in [0.1, 0.15) is 40.6 Å². The largest absolute Gasteiger partial charge is 0.508 e. The first-order chi connectivity index (χ1) is 14.5. The van der Waals surface area contributed by atoms with Crippen molar-refractivity contribution in [2.45, 2.75) is 16.6 Å². The molecule has 7 heteroatoms. The third kappa shape index (κ3) is 4.36. The second-order valence-corrected chi connectivity index (χ2v) is 7.56. The topological polar surface area (TPSA) is 89.1 Å². The molecule has 3 aromatic carbocycles. The zero-order valence-electron chi connectivity index (χ0n) is 16.0. The molecule has 0 amide bonds. The van der Waals surface area contributed by atoms with Gasteiger partial charge >= 0.3 is 0 Å². The first-order valence-corrected chi connectivity index (χ1v) is 9.87. The Kier molecular flexibility index (Phi) is 5.54. The highest BCUT2D eigenvalue weighted by Crippen LogP contribution is 2.34. The lowest BCUT2D eigenvalue weighted by atomic mass is 10.2. The monoisotopic (exact) mass is 422 g/mol. The molecule has 0 saturated heterocycles. The van der Waals surface area contributed by atoms with Crippen molar-refractivity contribution in [3.8, 4) is 23.0 Å². The Bertz CT molecular complexity index is 1230. The molecule has 0 atom stereocenters. The number of fused-ring (bicyclic) bond motifs is 1. The van der Waals surface area contributed by atoms with Gasteiger partial charge in [-0.25, -0.2) is 0 Å². The summed E-state index contributed by atoms with van der Waals surface area (Å²) in [5, 5.41) is 20.2. The quantitative estimate of drug-likeness (QED) is 0.455. The standard InChI is InChI=1S/C23H18O6S/c1-27-16-6-2-14(3-7-16)13-28-17-10-19(25)23-20(26)12-22(29-21(23)11-17)30-18-8-4-15(24)5-9-18/h2-12,24-25H,13H2,1H3. The van der Waals surface area contributed by atoms with Gasteiger partial charge < -0.3 is 24.1 Å². The summed E-state index contributed by atoms with van der Waals surface area (Å²) in [4.78, 5) is 13.3. The fourth-order valence-electron chi connectivity index (χ4n) is 2.87. The molecule has 2 N–H and O–H groups in total. The van der Waals surface area contributed by atoms with Crippen LogP contribution in [0.3, 0.4) is 0 Å². The molecule has 30 heavy (non-hydrogen) atoms. The Hall–Kier alpha value is -3.58. The number of benzene rings is 3. The first-order valence-electron chi connectivity index (χ1n) is 9.05. The number of ether oxygens (including phenoxy) is 2. The van der Waals surface area contributed by atoms with E-state index in [9.17, 15) is 15.0 Å². The molecule has 0 unspecified atom stereocenters. The van der Waals surface area contributed by atoms with Gasteiger partial charge in [0, 0.05) is 23.1 Å². The summed E-state index contributed by atoms with van der Waals surface area (Å²) in [5.74, 6) is 1.09. The molecule has 152 valence electrons. The van der Waals surface area contributed by atoms with Gasteiger partial charge in [-0.2, -0.15) is 0 Å². The lowest BCUT2D eigenvalue weighted by molar-refractivity contribution is 0.304. The van der Waals surface area contributed by atoms with Gasteiger partial charge in [0.15, 0.2) is 10.5 Å². The van der Waals surface area contributed by atoms with E-state index in [1.165, 1.54) is 23.9 Å². The predicted octanol–water partition coefficient (Wildman–Crippen LogP) is 4.94. The van der Waals surface area contributed by atoms with E-state index in [2.05, 4.69) is 0 Å². The van der Waals surface area contributed by atoms with Crippen LogP contribution in [0.5, 0.6) is 23.0 Å². The average molecular weight is 422 g/mol. The van der Waals surface area contributed by atoms with Crippen LogP contribution in [0.15, 0.2) is 85.9 Å². The third-order valence-electron chi connectivity index (χ3n) is 4.38. The van der Waals surface area contributed by atoms with Crippen LogP contribution in [0.25, 0.3) is 11.0 Å². The van der Waals surface area contributed by atoms with Crippen molar-refractivity contribution >= 4 is 22.7 Å². The van der Waals surface area contributed by atoms with Crippen LogP contribution in [0.2, 0.25) is 0 Å². The molecule has 0 spiro atoms. The van der Waals surface area contributed by atoms with Crippen LogP contribution in [0.1, 0.15) is 5.56 Å². The van der Waals surface area contributed by atoms with Crippen LogP contribution in [-0.2, 0) is 6.61 Å². The number of hydrogen-bond donors (Lipinski definition) is 2. The number of aromatic hydroxyl groups is 2. The highest BCUT2D eigenvalue weighted by molar-refractivity contribution is 7.99. The zero-order valence-corrected chi connectivity index (χ0v) is 16.8. The maximum atomic E-state index is 12.5. The number of methoxy groups -OCH3 is 1. The Labute approximate surface area is 176 Å². The molecule has 0 aliphatic rings. The van der Waals surface area contributed by atoms with Gasteiger partial charge in [0.25, 0.3) is 0 Å². The minimum atomic E-state index is -0.350. The normalized spacial score (nSPS) is 10.8. The maximum Gasteiger partial charge on any atom is 0.197 e. The van der Waals surface area contributed by atoms with E-state index < -0.39 is 0 Å². The molecule has 4 aromatic rings. The second-order valence-electron chi connectivity index (χ2n) is 6.48. The van der Waals surface area contributed by atoms with Crippen molar-refractivity contribution in [1.82, 2.24) is 0 Å². The zero-order chi connectivity index (χ0) is 21.1. The molecular weight excluding hydrogens is 404 g/mol. The summed E-state index contributed by atoms with van der Waals surface area (Å²) >= 11 is 1.24. The molecule has 0 saturated carbocycles. The van der Waals surface area contributed by atoms with E-state index in [0.717, 1.165) is 16.2 Å². The third-order valence-corrected chi connectivity index (χ3v) is 5.29. The van der Waals surface area contributed by atoms with Crippen molar-refractivity contribution < 1.29 is 24.1 Å². The summed E-state index contributed by atoms with van der Waals surface area (Å²) in [6, 6.07) is 18.3. The predicted molar refractivity (Wildman–Crippen MR) is 114 cm³/mol. The van der Waals surface area contributed by atoms with Gasteiger partial charge in [-0.15, -0.1) is 0 Å². The Morgan fingerprint density at radius 2 is 1.67 bits per heavy atom. The van der Waals surface area contributed by atoms with Gasteiger partial charge in [0.2, 0.25) is 0 Å². The van der Waals surface area contributed by atoms with Crippen LogP contribution >= 0.6 is 11.8 Å². The fraction of sp³-hybridized carbons (Fsp3) is 0.0870. The highest BCUT2D eigenvalue weighted by Gasteiger charge is 2.13. The first kappa shape index (κ1) is 19.7. The van der Waals surface area contributed by atoms with Crippen molar-refractivity contribution in [2.24, 2.45) is 0 Å². The van der Waals surface area contributed by atoms with Crippen molar-refractivity contribution in [3.05, 3.63) is 82.5 Å². The Morgan fingerprint density at radius 1 is 0.933 bits per heavy atom. The fourth-order valence-corrected chi connectivity index (χ4v) is 3.68. The SMILES string of the molecule is COc1ccc(COc2cc(O)c3c(=O)cc(Sc4ccc(O)cc4)oc3c2)cc1. The van der Waals surface area contributed by atoms with Gasteiger partial charge in [-0.05, 0) is 42.0 Å².